The number of nitrogens with zero attached hydrogens (tertiary/aromatic N) is 1. The zero-order valence-corrected chi connectivity index (χ0v) is 10.3. The summed E-state index contributed by atoms with van der Waals surface area (Å²) in [5.41, 5.74) is 1.43. The van der Waals surface area contributed by atoms with Crippen LogP contribution in [0.2, 0.25) is 0 Å². The maximum absolute atomic E-state index is 13.6. The fourth-order valence-electron chi connectivity index (χ4n) is 1.47. The number of anilines is 1. The molecule has 1 aromatic carbocycles. The fourth-order valence-corrected chi connectivity index (χ4v) is 2.37. The number of hydrogen-bond acceptors (Lipinski definition) is 3. The van der Waals surface area contributed by atoms with E-state index in [2.05, 4.69) is 17.2 Å². The van der Waals surface area contributed by atoms with Gasteiger partial charge in [0.1, 0.15) is 5.82 Å². The van der Waals surface area contributed by atoms with Crippen molar-refractivity contribution < 1.29 is 4.39 Å². The molecule has 1 aliphatic rings. The van der Waals surface area contributed by atoms with Crippen molar-refractivity contribution in [1.82, 2.24) is 0 Å². The smallest absolute Gasteiger partial charge is 0.161 e. The molecule has 86 valence electrons. The van der Waals surface area contributed by atoms with Gasteiger partial charge in [0.15, 0.2) is 5.17 Å². The molecule has 1 N–H and O–H groups in total. The van der Waals surface area contributed by atoms with Gasteiger partial charge in [-0.1, -0.05) is 24.8 Å². The number of aliphatic imine (C=N–C) groups is 1. The highest BCUT2D eigenvalue weighted by Crippen LogP contribution is 2.21. The van der Waals surface area contributed by atoms with Crippen LogP contribution in [-0.4, -0.2) is 17.5 Å². The fraction of sp³-hybridized carbons (Fsp3) is 0.417. The zero-order chi connectivity index (χ0) is 11.5. The lowest BCUT2D eigenvalue weighted by molar-refractivity contribution is 0.631. The number of benzene rings is 1. The minimum atomic E-state index is -0.220. The second-order valence-electron chi connectivity index (χ2n) is 4.17. The van der Waals surface area contributed by atoms with Crippen molar-refractivity contribution in [3.8, 4) is 0 Å². The van der Waals surface area contributed by atoms with Gasteiger partial charge in [-0.05, 0) is 30.5 Å². The minimum Gasteiger partial charge on any atom is -0.333 e. The van der Waals surface area contributed by atoms with Gasteiger partial charge in [0, 0.05) is 12.3 Å². The summed E-state index contributed by atoms with van der Waals surface area (Å²) in [5.74, 6) is 1.43. The van der Waals surface area contributed by atoms with Gasteiger partial charge in [-0.15, -0.1) is 0 Å². The monoisotopic (exact) mass is 238 g/mol. The number of hydrogen-bond donors (Lipinski definition) is 1. The van der Waals surface area contributed by atoms with E-state index < -0.39 is 0 Å². The third kappa shape index (κ3) is 2.76. The van der Waals surface area contributed by atoms with E-state index >= 15 is 0 Å². The van der Waals surface area contributed by atoms with E-state index in [1.807, 2.05) is 13.0 Å². The molecule has 0 spiro atoms. The first-order chi connectivity index (χ1) is 7.65. The molecule has 4 heteroatoms. The zero-order valence-electron chi connectivity index (χ0n) is 9.46. The summed E-state index contributed by atoms with van der Waals surface area (Å²) >= 11 is 1.65. The Kier molecular flexibility index (Phi) is 3.49. The van der Waals surface area contributed by atoms with Crippen LogP contribution >= 0.6 is 11.8 Å². The summed E-state index contributed by atoms with van der Waals surface area (Å²) in [6.45, 7) is 4.87. The minimum absolute atomic E-state index is 0.220. The predicted molar refractivity (Wildman–Crippen MR) is 68.7 cm³/mol. The van der Waals surface area contributed by atoms with Crippen molar-refractivity contribution in [3.05, 3.63) is 29.6 Å². The average Bonchev–Trinajstić information content (AvgIpc) is 2.25. The van der Waals surface area contributed by atoms with Crippen molar-refractivity contribution in [2.75, 3.05) is 17.6 Å². The molecule has 2 rings (SSSR count). The molecule has 1 atom stereocenters. The molecule has 16 heavy (non-hydrogen) atoms. The number of halogens is 1. The summed E-state index contributed by atoms with van der Waals surface area (Å²) in [4.78, 5) is 4.37. The third-order valence-electron chi connectivity index (χ3n) is 2.42. The Balaban J connectivity index is 2.09. The van der Waals surface area contributed by atoms with Gasteiger partial charge >= 0.3 is 0 Å². The van der Waals surface area contributed by atoms with Crippen LogP contribution in [0, 0.1) is 18.7 Å². The number of aryl methyl sites for hydroxylation is 1. The Bertz CT molecular complexity index is 417. The summed E-state index contributed by atoms with van der Waals surface area (Å²) < 4.78 is 13.6. The molecule has 0 bridgehead atoms. The van der Waals surface area contributed by atoms with Crippen LogP contribution in [0.4, 0.5) is 10.1 Å². The Hall–Kier alpha value is -1.03. The highest BCUT2D eigenvalue weighted by atomic mass is 32.2. The van der Waals surface area contributed by atoms with Gasteiger partial charge in [-0.3, -0.25) is 4.99 Å². The van der Waals surface area contributed by atoms with Crippen LogP contribution < -0.4 is 5.32 Å². The van der Waals surface area contributed by atoms with E-state index in [9.17, 15) is 4.39 Å². The molecule has 1 unspecified atom stereocenters. The molecule has 0 radical (unpaired) electrons. The van der Waals surface area contributed by atoms with Crippen LogP contribution in [-0.2, 0) is 0 Å². The summed E-state index contributed by atoms with van der Waals surface area (Å²) in [7, 11) is 0. The van der Waals surface area contributed by atoms with E-state index in [4.69, 9.17) is 0 Å². The van der Waals surface area contributed by atoms with Crippen LogP contribution in [0.1, 0.15) is 12.5 Å². The molecule has 1 aromatic rings. The molecule has 0 saturated carbocycles. The molecule has 0 fully saturated rings. The Morgan fingerprint density at radius 2 is 2.31 bits per heavy atom. The van der Waals surface area contributed by atoms with Crippen LogP contribution in [0.25, 0.3) is 0 Å². The topological polar surface area (TPSA) is 24.4 Å². The van der Waals surface area contributed by atoms with Crippen molar-refractivity contribution in [2.24, 2.45) is 10.9 Å². The first kappa shape index (κ1) is 11.5. The molecule has 2 nitrogen and oxygen atoms in total. The Morgan fingerprint density at radius 3 is 2.94 bits per heavy atom. The molecule has 1 aliphatic heterocycles. The van der Waals surface area contributed by atoms with E-state index in [0.29, 0.717) is 11.6 Å². The van der Waals surface area contributed by atoms with E-state index in [-0.39, 0.29) is 5.82 Å². The number of nitrogens with one attached hydrogen (secondary N) is 1. The molecular weight excluding hydrogens is 223 g/mol. The van der Waals surface area contributed by atoms with Crippen molar-refractivity contribution in [3.63, 3.8) is 0 Å². The van der Waals surface area contributed by atoms with Gasteiger partial charge < -0.3 is 5.32 Å². The standard InChI is InChI=1S/C12H15FN2S/c1-8-3-4-11(10(13)5-8)15-12-14-6-9(2)7-16-12/h3-5,9H,6-7H2,1-2H3,(H,14,15). The Morgan fingerprint density at radius 1 is 1.50 bits per heavy atom. The third-order valence-corrected chi connectivity index (χ3v) is 3.66. The van der Waals surface area contributed by atoms with E-state index in [1.165, 1.54) is 6.07 Å². The lowest BCUT2D eigenvalue weighted by Crippen LogP contribution is -2.19. The van der Waals surface area contributed by atoms with Gasteiger partial charge in [-0.25, -0.2) is 4.39 Å². The largest absolute Gasteiger partial charge is 0.333 e. The normalized spacial score (nSPS) is 20.4. The maximum atomic E-state index is 13.6. The van der Waals surface area contributed by atoms with Crippen molar-refractivity contribution in [1.29, 1.82) is 0 Å². The molecule has 0 saturated heterocycles. The molecule has 0 aromatic heterocycles. The molecule has 0 amide bonds. The Labute approximate surface area is 99.3 Å². The van der Waals surface area contributed by atoms with Crippen molar-refractivity contribution >= 4 is 22.6 Å². The van der Waals surface area contributed by atoms with Gasteiger partial charge in [0.25, 0.3) is 0 Å². The predicted octanol–water partition coefficient (Wildman–Crippen LogP) is 3.28. The number of rotatable bonds is 1. The SMILES string of the molecule is Cc1ccc(NC2=NCC(C)CS2)c(F)c1. The lowest BCUT2D eigenvalue weighted by Gasteiger charge is -2.18. The van der Waals surface area contributed by atoms with Crippen LogP contribution in [0.3, 0.4) is 0 Å². The highest BCUT2D eigenvalue weighted by Gasteiger charge is 2.13. The lowest BCUT2D eigenvalue weighted by atomic mass is 10.2. The summed E-state index contributed by atoms with van der Waals surface area (Å²) in [6.07, 6.45) is 0. The average molecular weight is 238 g/mol. The van der Waals surface area contributed by atoms with Gasteiger partial charge in [-0.2, -0.15) is 0 Å². The highest BCUT2D eigenvalue weighted by molar-refractivity contribution is 8.14. The quantitative estimate of drug-likeness (QED) is 0.812. The molecule has 1 heterocycles. The summed E-state index contributed by atoms with van der Waals surface area (Å²) in [5, 5.41) is 3.86. The van der Waals surface area contributed by atoms with Crippen LogP contribution in [0.5, 0.6) is 0 Å². The second kappa shape index (κ2) is 4.87. The first-order valence-electron chi connectivity index (χ1n) is 5.35. The maximum Gasteiger partial charge on any atom is 0.161 e. The molecule has 0 aliphatic carbocycles. The van der Waals surface area contributed by atoms with Gasteiger partial charge in [0.2, 0.25) is 0 Å². The number of amidine groups is 1. The summed E-state index contributed by atoms with van der Waals surface area (Å²) in [6, 6.07) is 5.17. The van der Waals surface area contributed by atoms with Crippen LogP contribution in [0.15, 0.2) is 23.2 Å². The van der Waals surface area contributed by atoms with E-state index in [1.54, 1.807) is 17.8 Å². The van der Waals surface area contributed by atoms with E-state index in [0.717, 1.165) is 23.0 Å². The molecular formula is C12H15FN2S. The number of thioether (sulfide) groups is 1. The van der Waals surface area contributed by atoms with Crippen molar-refractivity contribution in [2.45, 2.75) is 13.8 Å². The second-order valence-corrected chi connectivity index (χ2v) is 5.18. The first-order valence-corrected chi connectivity index (χ1v) is 6.34. The van der Waals surface area contributed by atoms with Gasteiger partial charge in [0.05, 0.1) is 5.69 Å².